The average molecular weight is 222 g/mol. The van der Waals surface area contributed by atoms with Crippen molar-refractivity contribution in [2.45, 2.75) is 25.8 Å². The van der Waals surface area contributed by atoms with Gasteiger partial charge in [-0.3, -0.25) is 4.79 Å². The number of piperidine rings is 1. The summed E-state index contributed by atoms with van der Waals surface area (Å²) in [7, 11) is 2.01. The standard InChI is InChI=1S/C12H18N2O2/c1-8-5-10(7-14(8)2)11-6-9(12(15)16)3-4-13-11/h5,7,9,11,13H,3-4,6H2,1-2H3,(H,15,16). The van der Waals surface area contributed by atoms with Gasteiger partial charge < -0.3 is 15.0 Å². The van der Waals surface area contributed by atoms with Crippen LogP contribution in [-0.2, 0) is 11.8 Å². The molecule has 2 N–H and O–H groups in total. The van der Waals surface area contributed by atoms with Crippen molar-refractivity contribution >= 4 is 5.97 Å². The van der Waals surface area contributed by atoms with E-state index in [0.29, 0.717) is 6.42 Å². The molecule has 16 heavy (non-hydrogen) atoms. The Labute approximate surface area is 95.3 Å². The number of carboxylic acids is 1. The highest BCUT2D eigenvalue weighted by Gasteiger charge is 2.27. The molecule has 1 aliphatic heterocycles. The SMILES string of the molecule is Cc1cc(C2CC(C(=O)O)CCN2)cn1C. The zero-order chi connectivity index (χ0) is 11.7. The lowest BCUT2D eigenvalue weighted by Gasteiger charge is -2.27. The molecule has 1 aromatic heterocycles. The molecular weight excluding hydrogens is 204 g/mol. The third kappa shape index (κ3) is 2.11. The third-order valence-corrected chi connectivity index (χ3v) is 3.43. The van der Waals surface area contributed by atoms with Gasteiger partial charge in [0.25, 0.3) is 0 Å². The summed E-state index contributed by atoms with van der Waals surface area (Å²) in [6, 6.07) is 2.32. The summed E-state index contributed by atoms with van der Waals surface area (Å²) >= 11 is 0. The number of carboxylic acid groups (broad SMARTS) is 1. The summed E-state index contributed by atoms with van der Waals surface area (Å²) in [4.78, 5) is 11.0. The summed E-state index contributed by atoms with van der Waals surface area (Å²) in [5.74, 6) is -0.870. The lowest BCUT2D eigenvalue weighted by Crippen LogP contribution is -2.34. The van der Waals surface area contributed by atoms with E-state index in [0.717, 1.165) is 13.0 Å². The fraction of sp³-hybridized carbons (Fsp3) is 0.583. The number of aryl methyl sites for hydroxylation is 2. The fourth-order valence-electron chi connectivity index (χ4n) is 2.29. The zero-order valence-electron chi connectivity index (χ0n) is 9.73. The van der Waals surface area contributed by atoms with Crippen LogP contribution in [0.5, 0.6) is 0 Å². The Kier molecular flexibility index (Phi) is 3.01. The maximum atomic E-state index is 11.0. The van der Waals surface area contributed by atoms with Crippen molar-refractivity contribution in [3.05, 3.63) is 23.5 Å². The average Bonchev–Trinajstić information content (AvgIpc) is 2.59. The first-order valence-electron chi connectivity index (χ1n) is 5.67. The van der Waals surface area contributed by atoms with Crippen LogP contribution in [0.3, 0.4) is 0 Å². The Bertz CT molecular complexity index is 378. The van der Waals surface area contributed by atoms with E-state index < -0.39 is 5.97 Å². The van der Waals surface area contributed by atoms with E-state index in [1.807, 2.05) is 7.05 Å². The van der Waals surface area contributed by atoms with Crippen molar-refractivity contribution in [1.29, 1.82) is 0 Å². The number of hydrogen-bond acceptors (Lipinski definition) is 2. The van der Waals surface area contributed by atoms with E-state index in [9.17, 15) is 4.79 Å². The molecule has 1 aliphatic rings. The maximum Gasteiger partial charge on any atom is 0.306 e. The molecule has 0 aromatic carbocycles. The lowest BCUT2D eigenvalue weighted by atomic mass is 9.90. The van der Waals surface area contributed by atoms with Crippen LogP contribution >= 0.6 is 0 Å². The van der Waals surface area contributed by atoms with Crippen LogP contribution < -0.4 is 5.32 Å². The van der Waals surface area contributed by atoms with E-state index >= 15 is 0 Å². The highest BCUT2D eigenvalue weighted by molar-refractivity contribution is 5.70. The van der Waals surface area contributed by atoms with Gasteiger partial charge in [0.1, 0.15) is 0 Å². The van der Waals surface area contributed by atoms with Crippen molar-refractivity contribution in [2.75, 3.05) is 6.54 Å². The van der Waals surface area contributed by atoms with Gasteiger partial charge in [0.05, 0.1) is 5.92 Å². The summed E-state index contributed by atoms with van der Waals surface area (Å²) in [6.07, 6.45) is 3.51. The molecule has 0 spiro atoms. The van der Waals surface area contributed by atoms with Crippen LogP contribution in [-0.4, -0.2) is 22.2 Å². The number of aromatic nitrogens is 1. The van der Waals surface area contributed by atoms with Crippen LogP contribution in [0.2, 0.25) is 0 Å². The second-order valence-electron chi connectivity index (χ2n) is 4.59. The number of carbonyl (C=O) groups is 1. The van der Waals surface area contributed by atoms with Gasteiger partial charge in [-0.1, -0.05) is 0 Å². The first-order valence-corrected chi connectivity index (χ1v) is 5.67. The fourth-order valence-corrected chi connectivity index (χ4v) is 2.29. The number of aliphatic carboxylic acids is 1. The number of nitrogens with zero attached hydrogens (tertiary/aromatic N) is 1. The van der Waals surface area contributed by atoms with Gasteiger partial charge in [0, 0.05) is 25.0 Å². The topological polar surface area (TPSA) is 54.3 Å². The molecule has 0 radical (unpaired) electrons. The van der Waals surface area contributed by atoms with Crippen LogP contribution in [0.1, 0.15) is 30.1 Å². The van der Waals surface area contributed by atoms with Gasteiger partial charge in [-0.15, -0.1) is 0 Å². The molecule has 2 atom stereocenters. The minimum Gasteiger partial charge on any atom is -0.481 e. The molecule has 0 bridgehead atoms. The maximum absolute atomic E-state index is 11.0. The number of nitrogens with one attached hydrogen (secondary N) is 1. The third-order valence-electron chi connectivity index (χ3n) is 3.43. The first kappa shape index (κ1) is 11.2. The number of rotatable bonds is 2. The van der Waals surface area contributed by atoms with Crippen molar-refractivity contribution in [1.82, 2.24) is 9.88 Å². The summed E-state index contributed by atoms with van der Waals surface area (Å²) < 4.78 is 2.07. The van der Waals surface area contributed by atoms with Gasteiger partial charge in [0.15, 0.2) is 0 Å². The van der Waals surface area contributed by atoms with Gasteiger partial charge in [0.2, 0.25) is 0 Å². The Morgan fingerprint density at radius 1 is 1.62 bits per heavy atom. The van der Waals surface area contributed by atoms with Gasteiger partial charge >= 0.3 is 5.97 Å². The molecule has 4 nitrogen and oxygen atoms in total. The van der Waals surface area contributed by atoms with Crippen LogP contribution in [0, 0.1) is 12.8 Å². The predicted octanol–water partition coefficient (Wildman–Crippen LogP) is 1.46. The normalized spacial score (nSPS) is 25.6. The second-order valence-corrected chi connectivity index (χ2v) is 4.59. The van der Waals surface area contributed by atoms with Crippen LogP contribution in [0.4, 0.5) is 0 Å². The zero-order valence-corrected chi connectivity index (χ0v) is 9.73. The van der Waals surface area contributed by atoms with Gasteiger partial charge in [-0.2, -0.15) is 0 Å². The summed E-state index contributed by atoms with van der Waals surface area (Å²) in [6.45, 7) is 2.84. The molecule has 1 aromatic rings. The minimum atomic E-state index is -0.667. The molecule has 2 rings (SSSR count). The molecule has 2 unspecified atom stereocenters. The van der Waals surface area contributed by atoms with Gasteiger partial charge in [-0.25, -0.2) is 0 Å². The first-order chi connectivity index (χ1) is 7.58. The minimum absolute atomic E-state index is 0.190. The largest absolute Gasteiger partial charge is 0.481 e. The van der Waals surface area contributed by atoms with Crippen molar-refractivity contribution in [2.24, 2.45) is 13.0 Å². The molecule has 0 saturated carbocycles. The van der Waals surface area contributed by atoms with Crippen LogP contribution in [0.25, 0.3) is 0 Å². The van der Waals surface area contributed by atoms with E-state index in [-0.39, 0.29) is 12.0 Å². The smallest absolute Gasteiger partial charge is 0.306 e. The highest BCUT2D eigenvalue weighted by atomic mass is 16.4. The number of hydrogen-bond donors (Lipinski definition) is 2. The molecule has 1 fully saturated rings. The molecule has 2 heterocycles. The highest BCUT2D eigenvalue weighted by Crippen LogP contribution is 2.28. The Hall–Kier alpha value is -1.29. The summed E-state index contributed by atoms with van der Waals surface area (Å²) in [5.41, 5.74) is 2.40. The van der Waals surface area contributed by atoms with E-state index in [2.05, 4.69) is 29.1 Å². The Balaban J connectivity index is 2.12. The van der Waals surface area contributed by atoms with Crippen molar-refractivity contribution in [3.63, 3.8) is 0 Å². The molecule has 0 aliphatic carbocycles. The monoisotopic (exact) mass is 222 g/mol. The molecule has 1 saturated heterocycles. The molecular formula is C12H18N2O2. The predicted molar refractivity (Wildman–Crippen MR) is 61.3 cm³/mol. The quantitative estimate of drug-likeness (QED) is 0.796. The molecule has 4 heteroatoms. The molecule has 0 amide bonds. The van der Waals surface area contributed by atoms with Crippen LogP contribution in [0.15, 0.2) is 12.3 Å². The van der Waals surface area contributed by atoms with E-state index in [1.165, 1.54) is 11.3 Å². The lowest BCUT2D eigenvalue weighted by molar-refractivity contribution is -0.143. The van der Waals surface area contributed by atoms with Crippen molar-refractivity contribution < 1.29 is 9.90 Å². The summed E-state index contributed by atoms with van der Waals surface area (Å²) in [5, 5.41) is 12.4. The van der Waals surface area contributed by atoms with E-state index in [1.54, 1.807) is 0 Å². The molecule has 88 valence electrons. The Morgan fingerprint density at radius 3 is 2.94 bits per heavy atom. The second kappa shape index (κ2) is 4.29. The van der Waals surface area contributed by atoms with Gasteiger partial charge in [-0.05, 0) is 37.9 Å². The Morgan fingerprint density at radius 2 is 2.38 bits per heavy atom. The van der Waals surface area contributed by atoms with Crippen molar-refractivity contribution in [3.8, 4) is 0 Å². The van der Waals surface area contributed by atoms with E-state index in [4.69, 9.17) is 5.11 Å².